The van der Waals surface area contributed by atoms with Crippen LogP contribution in [0.15, 0.2) is 35.3 Å². The van der Waals surface area contributed by atoms with Crippen molar-refractivity contribution in [2.45, 2.75) is 37.8 Å². The molecule has 0 radical (unpaired) electrons. The molecule has 1 saturated carbocycles. The average molecular weight is 331 g/mol. The maximum Gasteiger partial charge on any atom is 0.357 e. The molecule has 128 valence electrons. The molecular weight excluding hydrogens is 310 g/mol. The number of nitrogens with zero attached hydrogens (tertiary/aromatic N) is 1. The molecule has 3 rings (SSSR count). The van der Waals surface area contributed by atoms with E-state index in [1.165, 1.54) is 0 Å². The Morgan fingerprint density at radius 1 is 1.46 bits per heavy atom. The van der Waals surface area contributed by atoms with Gasteiger partial charge in [-0.3, -0.25) is 4.99 Å². The molecule has 24 heavy (non-hydrogen) atoms. The number of esters is 2. The molecule has 1 aliphatic carbocycles. The third-order valence-corrected chi connectivity index (χ3v) is 4.75. The summed E-state index contributed by atoms with van der Waals surface area (Å²) in [6.45, 7) is 2.00. The molecule has 1 N–H and O–H groups in total. The number of benzene rings is 1. The lowest BCUT2D eigenvalue weighted by Gasteiger charge is -2.36. The number of aliphatic hydroxyl groups is 1. The van der Waals surface area contributed by atoms with Crippen LogP contribution >= 0.6 is 0 Å². The minimum absolute atomic E-state index is 0.0866. The van der Waals surface area contributed by atoms with Crippen LogP contribution in [0.1, 0.15) is 31.7 Å². The number of carbonyl (C=O) groups excluding carboxylic acids is 2. The maximum atomic E-state index is 12.1. The summed E-state index contributed by atoms with van der Waals surface area (Å²) >= 11 is 0. The van der Waals surface area contributed by atoms with Crippen LogP contribution in [0.5, 0.6) is 0 Å². The van der Waals surface area contributed by atoms with E-state index in [9.17, 15) is 14.7 Å². The van der Waals surface area contributed by atoms with E-state index in [-0.39, 0.29) is 18.9 Å². The average Bonchev–Trinajstić information content (AvgIpc) is 3.00. The van der Waals surface area contributed by atoms with Gasteiger partial charge in [0.05, 0.1) is 6.61 Å². The molecule has 1 aromatic rings. The Morgan fingerprint density at radius 2 is 2.21 bits per heavy atom. The van der Waals surface area contributed by atoms with Crippen molar-refractivity contribution in [3.63, 3.8) is 0 Å². The highest BCUT2D eigenvalue weighted by Gasteiger charge is 2.52. The zero-order chi connectivity index (χ0) is 17.2. The van der Waals surface area contributed by atoms with Gasteiger partial charge in [-0.15, -0.1) is 0 Å². The first-order chi connectivity index (χ1) is 11.6. The molecule has 0 aromatic heterocycles. The standard InChI is InChI=1S/C18H21NO5/c1-2-23-17(22)15(20)13-9-6-10-18(13)11-24-16(21)14(19-18)12-7-4-3-5-8-12/h3-5,7-8,13,15,20H,2,6,9-11H2,1H3/t13-,15+,18+/m1/s1. The Morgan fingerprint density at radius 3 is 2.92 bits per heavy atom. The van der Waals surface area contributed by atoms with Crippen LogP contribution in [0.3, 0.4) is 0 Å². The first kappa shape index (κ1) is 16.6. The second-order valence-corrected chi connectivity index (χ2v) is 6.20. The molecule has 1 aliphatic heterocycles. The predicted octanol–water partition coefficient (Wildman–Crippen LogP) is 1.50. The zero-order valence-electron chi connectivity index (χ0n) is 13.6. The molecule has 1 spiro atoms. The quantitative estimate of drug-likeness (QED) is 0.845. The Balaban J connectivity index is 1.94. The Hall–Kier alpha value is -2.21. The smallest absolute Gasteiger partial charge is 0.357 e. The second kappa shape index (κ2) is 6.73. The van der Waals surface area contributed by atoms with E-state index < -0.39 is 29.5 Å². The summed E-state index contributed by atoms with van der Waals surface area (Å²) in [6.07, 6.45) is 0.857. The van der Waals surface area contributed by atoms with Crippen LogP contribution < -0.4 is 0 Å². The molecule has 3 atom stereocenters. The van der Waals surface area contributed by atoms with Crippen molar-refractivity contribution >= 4 is 17.7 Å². The number of hydrogen-bond acceptors (Lipinski definition) is 6. The lowest BCUT2D eigenvalue weighted by molar-refractivity contribution is -0.158. The van der Waals surface area contributed by atoms with Gasteiger partial charge in [-0.1, -0.05) is 36.8 Å². The van der Waals surface area contributed by atoms with Gasteiger partial charge in [0.1, 0.15) is 12.1 Å². The van der Waals surface area contributed by atoms with Crippen LogP contribution in [0, 0.1) is 5.92 Å². The summed E-state index contributed by atoms with van der Waals surface area (Å²) in [5, 5.41) is 10.4. The number of aliphatic hydroxyl groups excluding tert-OH is 1. The Bertz CT molecular complexity index is 657. The summed E-state index contributed by atoms with van der Waals surface area (Å²) < 4.78 is 10.3. The molecule has 0 unspecified atom stereocenters. The molecule has 6 nitrogen and oxygen atoms in total. The predicted molar refractivity (Wildman–Crippen MR) is 86.6 cm³/mol. The van der Waals surface area contributed by atoms with E-state index in [4.69, 9.17) is 9.47 Å². The van der Waals surface area contributed by atoms with E-state index in [0.29, 0.717) is 18.4 Å². The number of cyclic esters (lactones) is 1. The molecule has 0 bridgehead atoms. The maximum absolute atomic E-state index is 12.1. The van der Waals surface area contributed by atoms with Crippen molar-refractivity contribution in [1.82, 2.24) is 0 Å². The topological polar surface area (TPSA) is 85.2 Å². The first-order valence-corrected chi connectivity index (χ1v) is 8.24. The Labute approximate surface area is 140 Å². The largest absolute Gasteiger partial charge is 0.464 e. The van der Waals surface area contributed by atoms with Gasteiger partial charge < -0.3 is 14.6 Å². The lowest BCUT2D eigenvalue weighted by Crippen LogP contribution is -2.50. The van der Waals surface area contributed by atoms with Gasteiger partial charge in [0, 0.05) is 11.5 Å². The number of ether oxygens (including phenoxy) is 2. The molecule has 1 heterocycles. The summed E-state index contributed by atoms with van der Waals surface area (Å²) in [6, 6.07) is 9.10. The van der Waals surface area contributed by atoms with Crippen molar-refractivity contribution < 1.29 is 24.2 Å². The van der Waals surface area contributed by atoms with Gasteiger partial charge in [-0.2, -0.15) is 0 Å². The fourth-order valence-electron chi connectivity index (χ4n) is 3.58. The van der Waals surface area contributed by atoms with Crippen LogP contribution in [0.25, 0.3) is 0 Å². The van der Waals surface area contributed by atoms with E-state index >= 15 is 0 Å². The van der Waals surface area contributed by atoms with E-state index in [0.717, 1.165) is 6.42 Å². The van der Waals surface area contributed by atoms with E-state index in [2.05, 4.69) is 4.99 Å². The second-order valence-electron chi connectivity index (χ2n) is 6.20. The monoisotopic (exact) mass is 331 g/mol. The fraction of sp³-hybridized carbons (Fsp3) is 0.500. The highest BCUT2D eigenvalue weighted by molar-refractivity contribution is 6.43. The van der Waals surface area contributed by atoms with Crippen molar-refractivity contribution in [2.24, 2.45) is 10.9 Å². The normalized spacial score (nSPS) is 27.5. The van der Waals surface area contributed by atoms with Crippen LogP contribution in [0.2, 0.25) is 0 Å². The minimum Gasteiger partial charge on any atom is -0.464 e. The first-order valence-electron chi connectivity index (χ1n) is 8.24. The number of hydrogen-bond donors (Lipinski definition) is 1. The van der Waals surface area contributed by atoms with Crippen LogP contribution in [0.4, 0.5) is 0 Å². The molecule has 6 heteroatoms. The number of rotatable bonds is 4. The molecule has 0 saturated heterocycles. The zero-order valence-corrected chi connectivity index (χ0v) is 13.6. The third-order valence-electron chi connectivity index (χ3n) is 4.75. The van der Waals surface area contributed by atoms with Crippen molar-refractivity contribution in [3.05, 3.63) is 35.9 Å². The number of carbonyl (C=O) groups is 2. The molecular formula is C18H21NO5. The Kier molecular flexibility index (Phi) is 4.66. The molecule has 2 aliphatic rings. The number of aliphatic imine (C=N–C) groups is 1. The van der Waals surface area contributed by atoms with E-state index in [1.54, 1.807) is 19.1 Å². The third kappa shape index (κ3) is 2.94. The van der Waals surface area contributed by atoms with E-state index in [1.807, 2.05) is 18.2 Å². The summed E-state index contributed by atoms with van der Waals surface area (Å²) in [5.74, 6) is -1.52. The van der Waals surface area contributed by atoms with Gasteiger partial charge in [-0.05, 0) is 19.8 Å². The van der Waals surface area contributed by atoms with Gasteiger partial charge in [0.2, 0.25) is 0 Å². The molecule has 1 aromatic carbocycles. The summed E-state index contributed by atoms with van der Waals surface area (Å²) in [4.78, 5) is 28.8. The van der Waals surface area contributed by atoms with Crippen molar-refractivity contribution in [2.75, 3.05) is 13.2 Å². The highest BCUT2D eigenvalue weighted by Crippen LogP contribution is 2.43. The van der Waals surface area contributed by atoms with Crippen molar-refractivity contribution in [3.8, 4) is 0 Å². The lowest BCUT2D eigenvalue weighted by atomic mass is 9.83. The summed E-state index contributed by atoms with van der Waals surface area (Å²) in [5.41, 5.74) is 0.174. The highest BCUT2D eigenvalue weighted by atomic mass is 16.5. The van der Waals surface area contributed by atoms with Crippen LogP contribution in [-0.4, -0.2) is 47.6 Å². The minimum atomic E-state index is -1.26. The molecule has 1 fully saturated rings. The molecule has 0 amide bonds. The van der Waals surface area contributed by atoms with Crippen LogP contribution in [-0.2, 0) is 19.1 Å². The summed E-state index contributed by atoms with van der Waals surface area (Å²) in [7, 11) is 0. The van der Waals surface area contributed by atoms with Gasteiger partial charge >= 0.3 is 11.9 Å². The fourth-order valence-corrected chi connectivity index (χ4v) is 3.58. The van der Waals surface area contributed by atoms with Gasteiger partial charge in [0.15, 0.2) is 11.8 Å². The van der Waals surface area contributed by atoms with Crippen molar-refractivity contribution in [1.29, 1.82) is 0 Å². The van der Waals surface area contributed by atoms with Gasteiger partial charge in [-0.25, -0.2) is 9.59 Å². The SMILES string of the molecule is CCOC(=O)[C@@H](O)[C@H]1CCC[C@]12COC(=O)C(c1ccccc1)=N2. The van der Waals surface area contributed by atoms with Gasteiger partial charge in [0.25, 0.3) is 0 Å².